The number of nitrogens with one attached hydrogen (secondary N) is 12. The fraction of sp³-hybridized carbons (Fsp3) is 0.478. The molecule has 9 fully saturated rings. The van der Waals surface area contributed by atoms with Crippen molar-refractivity contribution in [2.24, 2.45) is 17.3 Å². The molecule has 9 aliphatic rings. The highest BCUT2D eigenvalue weighted by Crippen LogP contribution is 2.54. The van der Waals surface area contributed by atoms with Crippen molar-refractivity contribution in [1.82, 2.24) is 97.9 Å². The topological polar surface area (TPSA) is 528 Å². The molecule has 15 N–H and O–H groups in total. The largest absolute Gasteiger partial charge is 0.396 e. The zero-order valence-corrected chi connectivity index (χ0v) is 76.7. The number of carbonyl (C=O) groups excluding carboxylic acids is 4. The van der Waals surface area contributed by atoms with Crippen molar-refractivity contribution in [3.05, 3.63) is 186 Å². The van der Waals surface area contributed by atoms with E-state index in [1.165, 1.54) is 24.8 Å². The Morgan fingerprint density at radius 3 is 1.09 bits per heavy atom. The predicted octanol–water partition coefficient (Wildman–Crippen LogP) is 6.27. The van der Waals surface area contributed by atoms with Crippen molar-refractivity contribution < 1.29 is 58.2 Å². The molecule has 13 heterocycles. The highest BCUT2D eigenvalue weighted by molar-refractivity contribution is 6.02. The van der Waals surface area contributed by atoms with Gasteiger partial charge in [-0.05, 0) is 151 Å². The number of carbonyl (C=O) groups is 4. The summed E-state index contributed by atoms with van der Waals surface area (Å²) >= 11 is 0. The number of rotatable bonds is 30. The summed E-state index contributed by atoms with van der Waals surface area (Å²) in [4.78, 5) is 123. The molecule has 4 amide bonds. The van der Waals surface area contributed by atoms with Crippen LogP contribution in [-0.4, -0.2) is 253 Å². The normalized spacial score (nSPS) is 24.0. The van der Waals surface area contributed by atoms with Crippen LogP contribution < -0.4 is 86.0 Å². The molecule has 1 saturated heterocycles. The van der Waals surface area contributed by atoms with E-state index in [2.05, 4.69) is 104 Å². The minimum Gasteiger partial charge on any atom is -0.396 e. The lowest BCUT2D eigenvalue weighted by atomic mass is 9.89. The minimum absolute atomic E-state index is 0.0169. The Bertz CT molecular complexity index is 6510. The maximum absolute atomic E-state index is 13.3. The molecule has 12 aromatic rings. The Hall–Kier alpha value is -13.8. The second-order valence-electron chi connectivity index (χ2n) is 35.9. The number of pyridine rings is 4. The van der Waals surface area contributed by atoms with Crippen LogP contribution in [0.1, 0.15) is 168 Å². The van der Waals surface area contributed by atoms with Gasteiger partial charge in [0.25, 0.3) is 45.9 Å². The highest BCUT2D eigenvalue weighted by Gasteiger charge is 2.56. The van der Waals surface area contributed by atoms with Gasteiger partial charge in [-0.25, -0.2) is 19.9 Å². The first-order chi connectivity index (χ1) is 66.0. The van der Waals surface area contributed by atoms with Gasteiger partial charge in [-0.1, -0.05) is 0 Å². The molecule has 15 atom stereocenters. The number of nitrogens with zero attached hydrogens (tertiary/aromatic N) is 16. The van der Waals surface area contributed by atoms with Gasteiger partial charge in [0.15, 0.2) is 22.6 Å². The molecule has 0 spiro atoms. The van der Waals surface area contributed by atoms with Crippen LogP contribution in [0.3, 0.4) is 0 Å². The van der Waals surface area contributed by atoms with Gasteiger partial charge >= 0.3 is 0 Å². The molecule has 0 radical (unpaired) electrons. The number of methoxy groups -OCH3 is 4. The van der Waals surface area contributed by atoms with Gasteiger partial charge in [-0.2, -0.15) is 38.5 Å². The van der Waals surface area contributed by atoms with Crippen LogP contribution in [0.15, 0.2) is 142 Å². The number of aliphatic hydroxyl groups excluding tert-OH is 3. The fourth-order valence-corrected chi connectivity index (χ4v) is 18.7. The summed E-state index contributed by atoms with van der Waals surface area (Å²) in [5, 5.41) is 83.4. The summed E-state index contributed by atoms with van der Waals surface area (Å²) in [6, 6.07) is 20.7. The molecule has 0 aromatic carbocycles. The van der Waals surface area contributed by atoms with Crippen molar-refractivity contribution >= 4 is 116 Å². The quantitative estimate of drug-likeness (QED) is 0.0236. The van der Waals surface area contributed by atoms with Crippen LogP contribution in [0, 0.1) is 17.3 Å². The first kappa shape index (κ1) is 92.7. The second kappa shape index (κ2) is 39.7. The van der Waals surface area contributed by atoms with Crippen molar-refractivity contribution in [3.63, 3.8) is 0 Å². The van der Waals surface area contributed by atoms with E-state index in [-0.39, 0.29) is 125 Å². The third-order valence-corrected chi connectivity index (χ3v) is 27.9. The van der Waals surface area contributed by atoms with Crippen LogP contribution in [0.5, 0.6) is 0 Å². The lowest BCUT2D eigenvalue weighted by Gasteiger charge is -2.35. The van der Waals surface area contributed by atoms with Crippen molar-refractivity contribution in [2.75, 3.05) is 126 Å². The summed E-state index contributed by atoms with van der Waals surface area (Å²) in [5.41, 5.74) is 3.41. The number of fused-ring (bicyclic) bond motifs is 5. The zero-order valence-electron chi connectivity index (χ0n) is 76.7. The molecule has 0 bridgehead atoms. The number of ether oxygens (including phenoxy) is 5. The fourth-order valence-electron chi connectivity index (χ4n) is 18.7. The summed E-state index contributed by atoms with van der Waals surface area (Å²) in [6.07, 6.45) is 26.0. The Balaban J connectivity index is 0.000000121. The van der Waals surface area contributed by atoms with E-state index in [1.54, 1.807) is 166 Å². The predicted molar refractivity (Wildman–Crippen MR) is 505 cm³/mol. The summed E-state index contributed by atoms with van der Waals surface area (Å²) in [5.74, 6) is 3.83. The Morgan fingerprint density at radius 1 is 0.434 bits per heavy atom. The van der Waals surface area contributed by atoms with E-state index >= 15 is 0 Å². The second-order valence-corrected chi connectivity index (χ2v) is 35.9. The molecule has 8 aliphatic carbocycles. The van der Waals surface area contributed by atoms with E-state index in [9.17, 15) is 53.7 Å². The first-order valence-electron chi connectivity index (χ1n) is 46.1. The van der Waals surface area contributed by atoms with E-state index in [0.717, 1.165) is 89.9 Å². The van der Waals surface area contributed by atoms with Gasteiger partial charge in [0, 0.05) is 142 Å². The van der Waals surface area contributed by atoms with Crippen LogP contribution >= 0.6 is 0 Å². The van der Waals surface area contributed by atoms with Gasteiger partial charge in [-0.15, -0.1) is 0 Å². The Labute approximate surface area is 778 Å². The average Bonchev–Trinajstić information content (AvgIpc) is 1.57. The smallest absolute Gasteiger partial charge is 0.274 e. The highest BCUT2D eigenvalue weighted by atomic mass is 16.5. The molecule has 44 nitrogen and oxygen atoms in total. The van der Waals surface area contributed by atoms with Crippen molar-refractivity contribution in [1.29, 1.82) is 0 Å². The first-order valence-corrected chi connectivity index (χ1v) is 46.1. The van der Waals surface area contributed by atoms with Crippen molar-refractivity contribution in [3.8, 4) is 0 Å². The number of hydrogen-bond acceptors (Lipinski definition) is 32. The molecule has 44 heteroatoms. The zero-order chi connectivity index (χ0) is 94.9. The van der Waals surface area contributed by atoms with E-state index < -0.39 is 12.2 Å². The molecule has 12 aromatic heterocycles. The lowest BCUT2D eigenvalue weighted by molar-refractivity contribution is 0.00731. The van der Waals surface area contributed by atoms with Crippen LogP contribution in [-0.2, 0) is 23.7 Å². The Kier molecular flexibility index (Phi) is 27.0. The molecule has 136 heavy (non-hydrogen) atoms. The van der Waals surface area contributed by atoms with E-state index in [4.69, 9.17) is 23.7 Å². The average molecular weight is 1870 g/mol. The van der Waals surface area contributed by atoms with Gasteiger partial charge in [0.2, 0.25) is 0 Å². The third-order valence-electron chi connectivity index (χ3n) is 27.9. The SMILES string of the molecule is CNc1cc(Nc2cccn(C3[C@H]4COC[C@@H]34)c2=O)nc2c(C(=O)N[C@H]3CC[C@@H]3OC)cnn12.CNc1cc(Nc2cccn([C@@H]3CC[C@H]3O)c2=O)nc2c(C(=O)N[C@H]3CC[C@@H]3OC)cnn12.CNc1cc(Nc2cccn([C@H]3CCC[C@H](OC)C3)c2=O)nc2c(C(=O)NCC3(CO)CC3)cnn12.CNc1cc(Nc2cccn([C@H]3CC[C@@H]3O)c2=O)nc2c(C(=O)N[C@H]3CC[C@@H]3OC)cnn12. The summed E-state index contributed by atoms with van der Waals surface area (Å²) in [6.45, 7) is 1.88. The minimum atomic E-state index is -0.510. The number of anilines is 12. The molecule has 21 rings (SSSR count). The van der Waals surface area contributed by atoms with Crippen LogP contribution in [0.2, 0.25) is 0 Å². The van der Waals surface area contributed by atoms with Crippen LogP contribution in [0.4, 0.5) is 69.3 Å². The van der Waals surface area contributed by atoms with Gasteiger partial charge in [0.05, 0.1) is 111 Å². The van der Waals surface area contributed by atoms with Crippen molar-refractivity contribution in [2.45, 2.75) is 182 Å². The van der Waals surface area contributed by atoms with Gasteiger partial charge in [-0.3, -0.25) is 38.4 Å². The number of hydrogen-bond donors (Lipinski definition) is 15. The maximum atomic E-state index is 13.3. The molecule has 1 aliphatic heterocycles. The molecule has 1 unspecified atom stereocenters. The molecule has 8 saturated carbocycles. The number of aliphatic hydroxyl groups is 3. The van der Waals surface area contributed by atoms with E-state index in [0.29, 0.717) is 159 Å². The standard InChI is InChI=1S/C25H33N7O4.C23H27N7O4.2C22H27N7O4/c1-26-21-12-20(29-19-7-4-10-31(24(19)35)16-5-3-6-17(11-16)36-2)30-22-18(13-28-32(21)22)23(34)27-14-25(15-33)8-9-25;1-24-19-8-18(26-16-4-3-7-29(23(16)32)20-13-10-34-11-14(13)20)28-21-12(9-25-30(19)21)22(31)27-15-5-6-17(15)33-2;2*1-23-19-10-18(25-14-4-3-9-28(22(14)32)15-6-7-16(15)30)27-20-12(11-24-29(19)20)21(31)26-13-5-8-17(13)33-2/h4,7,10,12-13,16-17,26,33H,3,5-6,8-9,11,14-15H2,1-2H3,(H,27,34)(H,29,30);3-4,7-9,13-15,17,20,24H,5-6,10-11H2,1-2H3,(H,26,28)(H,27,31);2*3-4,9-11,13,15-17,23,30H,5-8H2,1-2H3,(H,25,27)(H,26,31)/t16-,17-;13-,14+,15-,17-,20?;13-,15+,16+,17-;13-,15-,16-,17-/m0000/s1. The lowest BCUT2D eigenvalue weighted by Crippen LogP contribution is -2.51. The number of aromatic nitrogens is 16. The molecule has 718 valence electrons. The van der Waals surface area contributed by atoms with Gasteiger partial charge in [0.1, 0.15) is 91.5 Å². The number of amides is 4. The monoisotopic (exact) mass is 1870 g/mol. The maximum Gasteiger partial charge on any atom is 0.274 e. The van der Waals surface area contributed by atoms with Crippen LogP contribution in [0.25, 0.3) is 22.6 Å². The molecular formula is C92H114N28O16. The summed E-state index contributed by atoms with van der Waals surface area (Å²) < 4.78 is 40.0. The van der Waals surface area contributed by atoms with Gasteiger partial charge < -0.3 is 121 Å². The third kappa shape index (κ3) is 18.6. The molecular weight excluding hydrogens is 1750 g/mol. The Morgan fingerprint density at radius 2 is 0.779 bits per heavy atom. The summed E-state index contributed by atoms with van der Waals surface area (Å²) in [7, 11) is 13.6. The van der Waals surface area contributed by atoms with E-state index in [1.807, 2.05) is 24.5 Å².